The number of urea groups is 1. The van der Waals surface area contributed by atoms with Crippen molar-refractivity contribution in [1.29, 1.82) is 0 Å². The van der Waals surface area contributed by atoms with Crippen molar-refractivity contribution in [3.63, 3.8) is 0 Å². The molecule has 1 N–H and O–H groups in total. The summed E-state index contributed by atoms with van der Waals surface area (Å²) >= 11 is 0. The molecule has 0 aromatic heterocycles. The standard InChI is InChI=1S/C18H21N3O6/c1-2-26-14-8-4-3-7-13(14)21-17(24)16(23)20(18(21)25)11-15(22)19-10-12-6-5-9-27-12/h3-4,7-8,12H,2,5-6,9-11H2,1H3,(H,19,22)/t12-/m1/s1. The van der Waals surface area contributed by atoms with Gasteiger partial charge >= 0.3 is 17.8 Å². The molecule has 0 aliphatic carbocycles. The minimum absolute atomic E-state index is 0.0601. The fourth-order valence-corrected chi connectivity index (χ4v) is 3.01. The highest BCUT2D eigenvalue weighted by Crippen LogP contribution is 2.31. The molecule has 1 aromatic rings. The molecule has 144 valence electrons. The van der Waals surface area contributed by atoms with Crippen LogP contribution in [0.25, 0.3) is 0 Å². The lowest BCUT2D eigenvalue weighted by Gasteiger charge is -2.18. The SMILES string of the molecule is CCOc1ccccc1N1C(=O)C(=O)N(CC(=O)NC[C@H]2CCCO2)C1=O. The van der Waals surface area contributed by atoms with E-state index in [0.717, 1.165) is 17.7 Å². The minimum atomic E-state index is -1.04. The van der Waals surface area contributed by atoms with Crippen molar-refractivity contribution in [3.8, 4) is 5.75 Å². The Morgan fingerprint density at radius 3 is 2.74 bits per heavy atom. The predicted octanol–water partition coefficient (Wildman–Crippen LogP) is 0.676. The Kier molecular flexibility index (Phi) is 5.70. The molecule has 1 aromatic carbocycles. The molecule has 2 aliphatic rings. The number of benzene rings is 1. The largest absolute Gasteiger partial charge is 0.492 e. The number of rotatable bonds is 7. The van der Waals surface area contributed by atoms with Crippen LogP contribution < -0.4 is 15.0 Å². The molecule has 1 atom stereocenters. The third-order valence-corrected chi connectivity index (χ3v) is 4.31. The number of ether oxygens (including phenoxy) is 2. The Hall–Kier alpha value is -2.94. The van der Waals surface area contributed by atoms with Gasteiger partial charge in [-0.2, -0.15) is 0 Å². The summed E-state index contributed by atoms with van der Waals surface area (Å²) in [6.07, 6.45) is 1.73. The van der Waals surface area contributed by atoms with E-state index in [9.17, 15) is 19.2 Å². The molecular weight excluding hydrogens is 354 g/mol. The molecule has 2 saturated heterocycles. The van der Waals surface area contributed by atoms with Gasteiger partial charge < -0.3 is 14.8 Å². The minimum Gasteiger partial charge on any atom is -0.492 e. The zero-order valence-corrected chi connectivity index (χ0v) is 15.0. The van der Waals surface area contributed by atoms with E-state index in [-0.39, 0.29) is 11.8 Å². The molecule has 3 rings (SSSR count). The predicted molar refractivity (Wildman–Crippen MR) is 94.2 cm³/mol. The number of nitrogens with one attached hydrogen (secondary N) is 1. The van der Waals surface area contributed by atoms with Crippen molar-refractivity contribution in [3.05, 3.63) is 24.3 Å². The van der Waals surface area contributed by atoms with Gasteiger partial charge in [-0.25, -0.2) is 14.6 Å². The highest BCUT2D eigenvalue weighted by atomic mass is 16.5. The Bertz CT molecular complexity index is 759. The van der Waals surface area contributed by atoms with Crippen LogP contribution in [0, 0.1) is 0 Å². The Labute approximate surface area is 156 Å². The highest BCUT2D eigenvalue weighted by Gasteiger charge is 2.47. The molecule has 27 heavy (non-hydrogen) atoms. The average molecular weight is 375 g/mol. The molecule has 0 unspecified atom stereocenters. The molecule has 9 heteroatoms. The van der Waals surface area contributed by atoms with Crippen molar-refractivity contribution < 1.29 is 28.7 Å². The average Bonchev–Trinajstić information content (AvgIpc) is 3.25. The van der Waals surface area contributed by atoms with E-state index in [4.69, 9.17) is 9.47 Å². The van der Waals surface area contributed by atoms with E-state index in [1.165, 1.54) is 6.07 Å². The zero-order chi connectivity index (χ0) is 19.4. The van der Waals surface area contributed by atoms with Gasteiger partial charge in [0.15, 0.2) is 0 Å². The van der Waals surface area contributed by atoms with Crippen LogP contribution in [0.3, 0.4) is 0 Å². The topological polar surface area (TPSA) is 105 Å². The second-order valence-corrected chi connectivity index (χ2v) is 6.15. The first kappa shape index (κ1) is 18.8. The number of nitrogens with zero attached hydrogens (tertiary/aromatic N) is 2. The second kappa shape index (κ2) is 8.17. The van der Waals surface area contributed by atoms with Gasteiger partial charge in [-0.15, -0.1) is 0 Å². The number of anilines is 1. The fraction of sp³-hybridized carbons (Fsp3) is 0.444. The Morgan fingerprint density at radius 1 is 1.26 bits per heavy atom. The monoisotopic (exact) mass is 375 g/mol. The Balaban J connectivity index is 1.69. The van der Waals surface area contributed by atoms with Gasteiger partial charge in [0.1, 0.15) is 12.3 Å². The van der Waals surface area contributed by atoms with Crippen LogP contribution in [0.15, 0.2) is 24.3 Å². The van der Waals surface area contributed by atoms with Crippen molar-refractivity contribution in [2.45, 2.75) is 25.9 Å². The van der Waals surface area contributed by atoms with Gasteiger partial charge in [0.25, 0.3) is 0 Å². The number of para-hydroxylation sites is 2. The molecule has 0 bridgehead atoms. The van der Waals surface area contributed by atoms with Crippen molar-refractivity contribution in [2.75, 3.05) is 31.2 Å². The van der Waals surface area contributed by atoms with Crippen LogP contribution in [0.2, 0.25) is 0 Å². The first-order valence-corrected chi connectivity index (χ1v) is 8.83. The summed E-state index contributed by atoms with van der Waals surface area (Å²) in [6.45, 7) is 2.53. The molecule has 2 aliphatic heterocycles. The molecule has 0 saturated carbocycles. The van der Waals surface area contributed by atoms with Gasteiger partial charge in [-0.3, -0.25) is 14.4 Å². The maximum Gasteiger partial charge on any atom is 0.339 e. The van der Waals surface area contributed by atoms with Crippen LogP contribution in [-0.2, 0) is 19.1 Å². The summed E-state index contributed by atoms with van der Waals surface area (Å²) < 4.78 is 10.8. The number of carbonyl (C=O) groups is 4. The molecule has 9 nitrogen and oxygen atoms in total. The van der Waals surface area contributed by atoms with Gasteiger partial charge in [0.2, 0.25) is 5.91 Å². The number of hydrogen-bond acceptors (Lipinski definition) is 6. The third-order valence-electron chi connectivity index (χ3n) is 4.31. The van der Waals surface area contributed by atoms with Gasteiger partial charge in [-0.05, 0) is 31.9 Å². The smallest absolute Gasteiger partial charge is 0.339 e. The van der Waals surface area contributed by atoms with E-state index in [0.29, 0.717) is 30.4 Å². The third kappa shape index (κ3) is 3.92. The normalized spacial score (nSPS) is 19.7. The number of amides is 5. The molecular formula is C18H21N3O6. The number of imide groups is 2. The number of hydrogen-bond donors (Lipinski definition) is 1. The maximum atomic E-state index is 12.6. The lowest BCUT2D eigenvalue weighted by molar-refractivity contribution is -0.140. The van der Waals surface area contributed by atoms with E-state index >= 15 is 0 Å². The van der Waals surface area contributed by atoms with Gasteiger partial charge in [-0.1, -0.05) is 12.1 Å². The van der Waals surface area contributed by atoms with Crippen molar-refractivity contribution >= 4 is 29.4 Å². The van der Waals surface area contributed by atoms with Crippen LogP contribution in [0.5, 0.6) is 5.75 Å². The zero-order valence-electron chi connectivity index (χ0n) is 15.0. The quantitative estimate of drug-likeness (QED) is 0.555. The summed E-state index contributed by atoms with van der Waals surface area (Å²) in [6, 6.07) is 5.55. The first-order valence-electron chi connectivity index (χ1n) is 8.83. The number of carbonyl (C=O) groups excluding carboxylic acids is 4. The van der Waals surface area contributed by atoms with E-state index in [2.05, 4.69) is 5.32 Å². The van der Waals surface area contributed by atoms with Crippen LogP contribution >= 0.6 is 0 Å². The highest BCUT2D eigenvalue weighted by molar-refractivity contribution is 6.53. The van der Waals surface area contributed by atoms with Crippen LogP contribution in [-0.4, -0.2) is 61.1 Å². The molecule has 2 fully saturated rings. The van der Waals surface area contributed by atoms with Gasteiger partial charge in [0, 0.05) is 13.2 Å². The van der Waals surface area contributed by atoms with E-state index in [1.807, 2.05) is 0 Å². The van der Waals surface area contributed by atoms with E-state index < -0.39 is 30.3 Å². The van der Waals surface area contributed by atoms with Crippen LogP contribution in [0.4, 0.5) is 10.5 Å². The van der Waals surface area contributed by atoms with Crippen LogP contribution in [0.1, 0.15) is 19.8 Å². The summed E-state index contributed by atoms with van der Waals surface area (Å²) in [4.78, 5) is 50.7. The summed E-state index contributed by atoms with van der Waals surface area (Å²) in [5.74, 6) is -2.28. The Morgan fingerprint density at radius 2 is 2.04 bits per heavy atom. The van der Waals surface area contributed by atoms with Gasteiger partial charge in [0.05, 0.1) is 18.4 Å². The fourth-order valence-electron chi connectivity index (χ4n) is 3.01. The van der Waals surface area contributed by atoms with Crippen molar-refractivity contribution in [1.82, 2.24) is 10.2 Å². The molecule has 0 spiro atoms. The molecule has 2 heterocycles. The molecule has 5 amide bonds. The molecule has 0 radical (unpaired) electrons. The lowest BCUT2D eigenvalue weighted by Crippen LogP contribution is -2.43. The van der Waals surface area contributed by atoms with E-state index in [1.54, 1.807) is 25.1 Å². The lowest BCUT2D eigenvalue weighted by atomic mass is 10.2. The summed E-state index contributed by atoms with van der Waals surface area (Å²) in [5.41, 5.74) is 0.171. The second-order valence-electron chi connectivity index (χ2n) is 6.15. The maximum absolute atomic E-state index is 12.6. The summed E-state index contributed by atoms with van der Waals surface area (Å²) in [7, 11) is 0. The summed E-state index contributed by atoms with van der Waals surface area (Å²) in [5, 5.41) is 2.63. The van der Waals surface area contributed by atoms with Crippen molar-refractivity contribution in [2.24, 2.45) is 0 Å². The first-order chi connectivity index (χ1) is 13.0.